The molecule has 0 aliphatic carbocycles. The monoisotopic (exact) mass is 277 g/mol. The van der Waals surface area contributed by atoms with Crippen LogP contribution in [0.3, 0.4) is 0 Å². The van der Waals surface area contributed by atoms with Crippen molar-refractivity contribution >= 4 is 24.2 Å². The van der Waals surface area contributed by atoms with Crippen molar-refractivity contribution in [1.29, 1.82) is 0 Å². The summed E-state index contributed by atoms with van der Waals surface area (Å²) in [6, 6.07) is 0. The van der Waals surface area contributed by atoms with E-state index in [9.17, 15) is 9.59 Å². The lowest BCUT2D eigenvalue weighted by Gasteiger charge is -2.32. The van der Waals surface area contributed by atoms with Crippen LogP contribution in [0.2, 0.25) is 0 Å². The van der Waals surface area contributed by atoms with Gasteiger partial charge in [0.2, 0.25) is 11.8 Å². The zero-order valence-electron chi connectivity index (χ0n) is 11.2. The summed E-state index contributed by atoms with van der Waals surface area (Å²) in [5.74, 6) is -0.149. The van der Waals surface area contributed by atoms with Crippen LogP contribution in [0.5, 0.6) is 0 Å². The second-order valence-corrected chi connectivity index (χ2v) is 4.87. The molecule has 1 saturated heterocycles. The number of rotatable bonds is 5. The van der Waals surface area contributed by atoms with Crippen molar-refractivity contribution in [2.75, 3.05) is 26.2 Å². The molecule has 0 aromatic heterocycles. The minimum Gasteiger partial charge on any atom is -0.355 e. The molecule has 6 heteroatoms. The lowest BCUT2D eigenvalue weighted by Crippen LogP contribution is -2.50. The number of piperidine rings is 1. The Labute approximate surface area is 115 Å². The molecule has 18 heavy (non-hydrogen) atoms. The fourth-order valence-electron chi connectivity index (χ4n) is 1.95. The van der Waals surface area contributed by atoms with Crippen molar-refractivity contribution in [1.82, 2.24) is 16.0 Å². The van der Waals surface area contributed by atoms with Gasteiger partial charge in [0, 0.05) is 13.1 Å². The lowest BCUT2D eigenvalue weighted by atomic mass is 9.82. The highest BCUT2D eigenvalue weighted by atomic mass is 35.5. The molecule has 0 spiro atoms. The molecule has 0 aromatic carbocycles. The van der Waals surface area contributed by atoms with Gasteiger partial charge in [-0.05, 0) is 32.7 Å². The van der Waals surface area contributed by atoms with Crippen LogP contribution >= 0.6 is 12.4 Å². The first-order valence-electron chi connectivity index (χ1n) is 6.34. The molecule has 0 saturated carbocycles. The highest BCUT2D eigenvalue weighted by Gasteiger charge is 2.34. The standard InChI is InChI=1S/C12H23N3O2.ClH/c1-3-6-14-10(16)8-15-11(17)12(2)5-4-7-13-9-12;/h13H,3-9H2,1-2H3,(H,14,16)(H,15,17);1H. The maximum Gasteiger partial charge on any atom is 0.239 e. The third-order valence-electron chi connectivity index (χ3n) is 3.13. The Hall–Kier alpha value is -0.810. The van der Waals surface area contributed by atoms with Crippen LogP contribution in [-0.2, 0) is 9.59 Å². The van der Waals surface area contributed by atoms with Gasteiger partial charge >= 0.3 is 0 Å². The van der Waals surface area contributed by atoms with Gasteiger partial charge in [-0.25, -0.2) is 0 Å². The molecule has 0 aromatic rings. The van der Waals surface area contributed by atoms with Crippen LogP contribution in [0.1, 0.15) is 33.1 Å². The van der Waals surface area contributed by atoms with E-state index >= 15 is 0 Å². The van der Waals surface area contributed by atoms with Gasteiger partial charge in [0.25, 0.3) is 0 Å². The SMILES string of the molecule is CCCNC(=O)CNC(=O)C1(C)CCCNC1.Cl. The number of hydrogen-bond acceptors (Lipinski definition) is 3. The number of amides is 2. The molecular weight excluding hydrogens is 254 g/mol. The highest BCUT2D eigenvalue weighted by Crippen LogP contribution is 2.25. The second-order valence-electron chi connectivity index (χ2n) is 4.87. The van der Waals surface area contributed by atoms with Crippen molar-refractivity contribution in [3.8, 4) is 0 Å². The third kappa shape index (κ3) is 5.23. The Kier molecular flexibility index (Phi) is 7.95. The van der Waals surface area contributed by atoms with Crippen LogP contribution in [0, 0.1) is 5.41 Å². The van der Waals surface area contributed by atoms with E-state index in [1.807, 2.05) is 13.8 Å². The minimum absolute atomic E-state index is 0. The maximum absolute atomic E-state index is 12.0. The summed E-state index contributed by atoms with van der Waals surface area (Å²) in [5.41, 5.74) is -0.372. The van der Waals surface area contributed by atoms with E-state index in [2.05, 4.69) is 16.0 Å². The first-order chi connectivity index (χ1) is 8.08. The number of carbonyl (C=O) groups is 2. The van der Waals surface area contributed by atoms with E-state index in [-0.39, 0.29) is 36.2 Å². The Bertz CT molecular complexity index is 278. The molecule has 1 atom stereocenters. The normalized spacial score (nSPS) is 22.8. The van der Waals surface area contributed by atoms with E-state index in [4.69, 9.17) is 0 Å². The molecule has 106 valence electrons. The summed E-state index contributed by atoms with van der Waals surface area (Å²) >= 11 is 0. The number of nitrogens with one attached hydrogen (secondary N) is 3. The van der Waals surface area contributed by atoms with Gasteiger partial charge in [-0.2, -0.15) is 0 Å². The Morgan fingerprint density at radius 2 is 2.06 bits per heavy atom. The van der Waals surface area contributed by atoms with Crippen molar-refractivity contribution in [3.63, 3.8) is 0 Å². The molecule has 3 N–H and O–H groups in total. The van der Waals surface area contributed by atoms with Gasteiger partial charge in [-0.3, -0.25) is 9.59 Å². The van der Waals surface area contributed by atoms with E-state index in [1.54, 1.807) is 0 Å². The third-order valence-corrected chi connectivity index (χ3v) is 3.13. The van der Waals surface area contributed by atoms with Crippen LogP contribution in [0.4, 0.5) is 0 Å². The van der Waals surface area contributed by atoms with Crippen molar-refractivity contribution < 1.29 is 9.59 Å². The molecule has 0 radical (unpaired) electrons. The summed E-state index contributed by atoms with van der Waals surface area (Å²) < 4.78 is 0. The van der Waals surface area contributed by atoms with E-state index in [0.29, 0.717) is 13.1 Å². The average Bonchev–Trinajstić information content (AvgIpc) is 2.34. The Morgan fingerprint density at radius 3 is 2.61 bits per heavy atom. The van der Waals surface area contributed by atoms with Gasteiger partial charge in [0.1, 0.15) is 0 Å². The summed E-state index contributed by atoms with van der Waals surface area (Å²) in [5, 5.41) is 8.66. The molecule has 1 aliphatic heterocycles. The number of hydrogen-bond donors (Lipinski definition) is 3. The molecule has 0 bridgehead atoms. The van der Waals surface area contributed by atoms with Crippen molar-refractivity contribution in [2.45, 2.75) is 33.1 Å². The summed E-state index contributed by atoms with van der Waals surface area (Å²) in [6.07, 6.45) is 2.79. The van der Waals surface area contributed by atoms with E-state index in [1.165, 1.54) is 0 Å². The average molecular weight is 278 g/mol. The van der Waals surface area contributed by atoms with Crippen LogP contribution in [0.15, 0.2) is 0 Å². The lowest BCUT2D eigenvalue weighted by molar-refractivity contribution is -0.133. The first kappa shape index (κ1) is 17.2. The molecule has 1 heterocycles. The molecule has 1 rings (SSSR count). The fraction of sp³-hybridized carbons (Fsp3) is 0.833. The van der Waals surface area contributed by atoms with Crippen LogP contribution < -0.4 is 16.0 Å². The molecule has 1 fully saturated rings. The zero-order chi connectivity index (χ0) is 12.7. The van der Waals surface area contributed by atoms with E-state index < -0.39 is 0 Å². The van der Waals surface area contributed by atoms with Crippen molar-refractivity contribution in [3.05, 3.63) is 0 Å². The minimum atomic E-state index is -0.372. The van der Waals surface area contributed by atoms with Crippen LogP contribution in [0.25, 0.3) is 0 Å². The van der Waals surface area contributed by atoms with Gasteiger partial charge in [-0.1, -0.05) is 6.92 Å². The molecule has 5 nitrogen and oxygen atoms in total. The van der Waals surface area contributed by atoms with Gasteiger partial charge in [0.15, 0.2) is 0 Å². The zero-order valence-corrected chi connectivity index (χ0v) is 12.0. The van der Waals surface area contributed by atoms with Crippen molar-refractivity contribution in [2.24, 2.45) is 5.41 Å². The topological polar surface area (TPSA) is 70.2 Å². The van der Waals surface area contributed by atoms with Gasteiger partial charge in [0.05, 0.1) is 12.0 Å². The van der Waals surface area contributed by atoms with Crippen LogP contribution in [-0.4, -0.2) is 38.0 Å². The molecule has 1 unspecified atom stereocenters. The summed E-state index contributed by atoms with van der Waals surface area (Å²) in [6.45, 7) is 6.34. The fourth-order valence-corrected chi connectivity index (χ4v) is 1.95. The highest BCUT2D eigenvalue weighted by molar-refractivity contribution is 5.87. The predicted octanol–water partition coefficient (Wildman–Crippen LogP) is 0.440. The maximum atomic E-state index is 12.0. The largest absolute Gasteiger partial charge is 0.355 e. The van der Waals surface area contributed by atoms with Gasteiger partial charge < -0.3 is 16.0 Å². The Morgan fingerprint density at radius 1 is 1.33 bits per heavy atom. The Balaban J connectivity index is 0.00000289. The molecular formula is C12H24ClN3O2. The second kappa shape index (κ2) is 8.32. The predicted molar refractivity (Wildman–Crippen MR) is 73.8 cm³/mol. The molecule has 1 aliphatic rings. The molecule has 2 amide bonds. The number of carbonyl (C=O) groups excluding carboxylic acids is 2. The smallest absolute Gasteiger partial charge is 0.239 e. The first-order valence-corrected chi connectivity index (χ1v) is 6.34. The van der Waals surface area contributed by atoms with E-state index in [0.717, 1.165) is 25.8 Å². The summed E-state index contributed by atoms with van der Waals surface area (Å²) in [4.78, 5) is 23.3. The quantitative estimate of drug-likeness (QED) is 0.683. The number of halogens is 1. The van der Waals surface area contributed by atoms with Gasteiger partial charge in [-0.15, -0.1) is 12.4 Å². The summed E-state index contributed by atoms with van der Waals surface area (Å²) in [7, 11) is 0.